The van der Waals surface area contributed by atoms with E-state index in [1.807, 2.05) is 0 Å². The second-order valence-corrected chi connectivity index (χ2v) is 5.89. The van der Waals surface area contributed by atoms with Crippen molar-refractivity contribution in [3.05, 3.63) is 40.1 Å². The highest BCUT2D eigenvalue weighted by Crippen LogP contribution is 2.24. The topological polar surface area (TPSA) is 96.1 Å². The lowest BCUT2D eigenvalue weighted by molar-refractivity contribution is -0.274. The third kappa shape index (κ3) is 6.08. The van der Waals surface area contributed by atoms with Gasteiger partial charge in [0, 0.05) is 18.5 Å². The van der Waals surface area contributed by atoms with Crippen LogP contribution in [0.15, 0.2) is 34.6 Å². The van der Waals surface area contributed by atoms with Crippen molar-refractivity contribution in [2.45, 2.75) is 25.9 Å². The predicted molar refractivity (Wildman–Crippen MR) is 87.2 cm³/mol. The van der Waals surface area contributed by atoms with Gasteiger partial charge in [0.15, 0.2) is 4.80 Å². The van der Waals surface area contributed by atoms with Crippen LogP contribution in [0.5, 0.6) is 5.75 Å². The van der Waals surface area contributed by atoms with E-state index >= 15 is 0 Å². The third-order valence-electron chi connectivity index (χ3n) is 3.17. The number of aromatic nitrogens is 1. The van der Waals surface area contributed by atoms with Crippen LogP contribution in [0.2, 0.25) is 0 Å². The Morgan fingerprint density at radius 1 is 1.31 bits per heavy atom. The van der Waals surface area contributed by atoms with Crippen LogP contribution >= 0.6 is 11.3 Å². The molecule has 0 radical (unpaired) electrons. The lowest BCUT2D eigenvalue weighted by Crippen LogP contribution is -2.25. The zero-order valence-electron chi connectivity index (χ0n) is 13.4. The van der Waals surface area contributed by atoms with Gasteiger partial charge in [-0.05, 0) is 30.7 Å². The van der Waals surface area contributed by atoms with E-state index in [4.69, 9.17) is 5.11 Å². The maximum atomic E-state index is 12.2. The summed E-state index contributed by atoms with van der Waals surface area (Å²) in [6, 6.07) is 5.09. The SMILES string of the molecule is O=C(O)NCCCn1c(CO)cs/c1=N\c1ccc(OC(F)(F)F)cc1. The Hall–Kier alpha value is -2.53. The fraction of sp³-hybridized carbons (Fsp3) is 0.333. The van der Waals surface area contributed by atoms with Gasteiger partial charge in [-0.15, -0.1) is 24.5 Å². The highest BCUT2D eigenvalue weighted by atomic mass is 32.1. The van der Waals surface area contributed by atoms with Crippen LogP contribution in [0.3, 0.4) is 0 Å². The normalized spacial score (nSPS) is 12.2. The molecule has 3 N–H and O–H groups in total. The third-order valence-corrected chi connectivity index (χ3v) is 4.08. The highest BCUT2D eigenvalue weighted by molar-refractivity contribution is 7.07. The molecule has 1 aromatic heterocycles. The fourth-order valence-corrected chi connectivity index (χ4v) is 3.02. The molecule has 0 spiro atoms. The molecule has 142 valence electrons. The first-order chi connectivity index (χ1) is 12.3. The van der Waals surface area contributed by atoms with E-state index < -0.39 is 12.5 Å². The number of carbonyl (C=O) groups is 1. The number of ether oxygens (including phenoxy) is 1. The summed E-state index contributed by atoms with van der Waals surface area (Å²) in [7, 11) is 0. The monoisotopic (exact) mass is 391 g/mol. The molecule has 2 rings (SSSR count). The van der Waals surface area contributed by atoms with Crippen LogP contribution in [-0.4, -0.2) is 33.8 Å². The minimum atomic E-state index is -4.75. The fourth-order valence-electron chi connectivity index (χ4n) is 2.08. The van der Waals surface area contributed by atoms with E-state index in [9.17, 15) is 23.1 Å². The number of aliphatic hydroxyl groups is 1. The molecular formula is C15H16F3N3O4S. The number of aliphatic hydroxyl groups excluding tert-OH is 1. The summed E-state index contributed by atoms with van der Waals surface area (Å²) in [6.45, 7) is 0.455. The van der Waals surface area contributed by atoms with E-state index in [0.29, 0.717) is 29.1 Å². The number of halogens is 3. The molecule has 0 atom stereocenters. The molecule has 0 unspecified atom stereocenters. The molecule has 1 heterocycles. The standard InChI is InChI=1S/C15H16F3N3O4S/c16-15(17,18)25-12-4-2-10(3-5-12)20-13-21(11(8-22)9-26-13)7-1-6-19-14(23)24/h2-5,9,19,22H,1,6-8H2,(H,23,24)/b20-13-. The first kappa shape index (κ1) is 19.8. The molecule has 0 saturated heterocycles. The first-order valence-corrected chi connectivity index (χ1v) is 8.32. The zero-order chi connectivity index (χ0) is 19.2. The summed E-state index contributed by atoms with van der Waals surface area (Å²) in [6.07, 6.45) is -5.38. The van der Waals surface area contributed by atoms with Gasteiger partial charge in [0.2, 0.25) is 0 Å². The van der Waals surface area contributed by atoms with Crippen LogP contribution in [0.4, 0.5) is 23.7 Å². The Morgan fingerprint density at radius 2 is 2.00 bits per heavy atom. The van der Waals surface area contributed by atoms with E-state index in [1.54, 1.807) is 9.95 Å². The number of nitrogens with one attached hydrogen (secondary N) is 1. The Kier molecular flexibility index (Phi) is 6.64. The molecule has 0 aliphatic rings. The molecule has 11 heteroatoms. The Morgan fingerprint density at radius 3 is 2.58 bits per heavy atom. The number of alkyl halides is 3. The number of carboxylic acid groups (broad SMARTS) is 1. The number of nitrogens with zero attached hydrogens (tertiary/aromatic N) is 2. The average molecular weight is 391 g/mol. The summed E-state index contributed by atoms with van der Waals surface area (Å²) in [4.78, 5) is 15.3. The number of thiazole rings is 1. The van der Waals surface area contributed by atoms with Gasteiger partial charge >= 0.3 is 12.5 Å². The van der Waals surface area contributed by atoms with Crippen LogP contribution in [0.1, 0.15) is 12.1 Å². The summed E-state index contributed by atoms with van der Waals surface area (Å²) in [5.74, 6) is -0.341. The second kappa shape index (κ2) is 8.72. The summed E-state index contributed by atoms with van der Waals surface area (Å²) in [5, 5.41) is 21.9. The minimum Gasteiger partial charge on any atom is -0.465 e. The summed E-state index contributed by atoms with van der Waals surface area (Å²) in [5.41, 5.74) is 1.03. The lowest BCUT2D eigenvalue weighted by atomic mass is 10.3. The van der Waals surface area contributed by atoms with Gasteiger partial charge in [0.25, 0.3) is 0 Å². The molecule has 2 aromatic rings. The quantitative estimate of drug-likeness (QED) is 0.633. The second-order valence-electron chi connectivity index (χ2n) is 5.06. The number of hydrogen-bond donors (Lipinski definition) is 3. The molecule has 0 fully saturated rings. The van der Waals surface area contributed by atoms with Gasteiger partial charge in [0.1, 0.15) is 5.75 Å². The zero-order valence-corrected chi connectivity index (χ0v) is 14.2. The molecule has 0 aliphatic heterocycles. The molecule has 7 nitrogen and oxygen atoms in total. The smallest absolute Gasteiger partial charge is 0.465 e. The van der Waals surface area contributed by atoms with Gasteiger partial charge in [-0.3, -0.25) is 0 Å². The first-order valence-electron chi connectivity index (χ1n) is 7.44. The average Bonchev–Trinajstić information content (AvgIpc) is 2.93. The van der Waals surface area contributed by atoms with Gasteiger partial charge in [-0.1, -0.05) is 0 Å². The molecule has 0 bridgehead atoms. The molecule has 0 aliphatic carbocycles. The van der Waals surface area contributed by atoms with Crippen molar-refractivity contribution >= 4 is 23.1 Å². The maximum Gasteiger partial charge on any atom is 0.573 e. The van der Waals surface area contributed by atoms with Crippen molar-refractivity contribution in [1.29, 1.82) is 0 Å². The van der Waals surface area contributed by atoms with Crippen LogP contribution in [0.25, 0.3) is 0 Å². The van der Waals surface area contributed by atoms with Crippen molar-refractivity contribution in [2.24, 2.45) is 4.99 Å². The van der Waals surface area contributed by atoms with Gasteiger partial charge < -0.3 is 24.8 Å². The number of rotatable bonds is 7. The molecular weight excluding hydrogens is 375 g/mol. The van der Waals surface area contributed by atoms with Crippen molar-refractivity contribution in [3.63, 3.8) is 0 Å². The Bertz CT molecular complexity index is 800. The van der Waals surface area contributed by atoms with E-state index in [0.717, 1.165) is 12.1 Å². The molecule has 0 saturated carbocycles. The summed E-state index contributed by atoms with van der Waals surface area (Å²) < 4.78 is 42.0. The number of benzene rings is 1. The van der Waals surface area contributed by atoms with Gasteiger partial charge in [-0.25, -0.2) is 9.79 Å². The highest BCUT2D eigenvalue weighted by Gasteiger charge is 2.30. The number of hydrogen-bond acceptors (Lipinski definition) is 5. The summed E-state index contributed by atoms with van der Waals surface area (Å²) >= 11 is 1.26. The minimum absolute atomic E-state index is 0.212. The van der Waals surface area contributed by atoms with Crippen LogP contribution in [0, 0.1) is 0 Å². The van der Waals surface area contributed by atoms with E-state index in [-0.39, 0.29) is 18.9 Å². The Balaban J connectivity index is 2.16. The van der Waals surface area contributed by atoms with E-state index in [1.165, 1.54) is 23.5 Å². The maximum absolute atomic E-state index is 12.2. The van der Waals surface area contributed by atoms with Gasteiger partial charge in [-0.2, -0.15) is 0 Å². The molecule has 1 aromatic carbocycles. The molecule has 26 heavy (non-hydrogen) atoms. The number of amides is 1. The van der Waals surface area contributed by atoms with Crippen LogP contribution in [-0.2, 0) is 13.2 Å². The van der Waals surface area contributed by atoms with Crippen molar-refractivity contribution in [3.8, 4) is 5.75 Å². The Labute approximate surface area is 150 Å². The largest absolute Gasteiger partial charge is 0.573 e. The predicted octanol–water partition coefficient (Wildman–Crippen LogP) is 2.83. The van der Waals surface area contributed by atoms with Crippen LogP contribution < -0.4 is 14.9 Å². The van der Waals surface area contributed by atoms with Gasteiger partial charge in [0.05, 0.1) is 18.0 Å². The van der Waals surface area contributed by atoms with E-state index in [2.05, 4.69) is 15.0 Å². The van der Waals surface area contributed by atoms with Crippen molar-refractivity contribution in [2.75, 3.05) is 6.54 Å². The molecule has 1 amide bonds. The lowest BCUT2D eigenvalue weighted by Gasteiger charge is -2.09. The van der Waals surface area contributed by atoms with Crippen molar-refractivity contribution in [1.82, 2.24) is 9.88 Å². The van der Waals surface area contributed by atoms with Crippen molar-refractivity contribution < 1.29 is 32.9 Å².